The average molecular weight is 402 g/mol. The second kappa shape index (κ2) is 9.87. The number of nitrogens with one attached hydrogen (secondary N) is 1. The van der Waals surface area contributed by atoms with Gasteiger partial charge in [0.25, 0.3) is 0 Å². The molecule has 7 heteroatoms. The molecule has 0 aromatic heterocycles. The van der Waals surface area contributed by atoms with Gasteiger partial charge in [-0.05, 0) is 37.7 Å². The fourth-order valence-corrected chi connectivity index (χ4v) is 4.55. The van der Waals surface area contributed by atoms with Crippen molar-refractivity contribution in [3.05, 3.63) is 35.9 Å². The van der Waals surface area contributed by atoms with E-state index in [2.05, 4.69) is 5.32 Å². The van der Waals surface area contributed by atoms with Crippen LogP contribution in [0.3, 0.4) is 0 Å². The first kappa shape index (κ1) is 21.3. The number of carboxylic acids is 1. The Balaban J connectivity index is 1.56. The average Bonchev–Trinajstić information content (AvgIpc) is 3.19. The molecule has 3 rings (SSSR count). The van der Waals surface area contributed by atoms with Crippen LogP contribution in [0.15, 0.2) is 30.3 Å². The van der Waals surface area contributed by atoms with Crippen molar-refractivity contribution in [1.29, 1.82) is 0 Å². The van der Waals surface area contributed by atoms with Crippen LogP contribution < -0.4 is 11.1 Å². The van der Waals surface area contributed by atoms with Crippen molar-refractivity contribution in [2.24, 2.45) is 11.7 Å². The summed E-state index contributed by atoms with van der Waals surface area (Å²) in [5.74, 6) is -1.74. The fourth-order valence-electron chi connectivity index (χ4n) is 4.55. The van der Waals surface area contributed by atoms with Gasteiger partial charge in [0.15, 0.2) is 0 Å². The van der Waals surface area contributed by atoms with Crippen LogP contribution in [0.4, 0.5) is 0 Å². The molecule has 1 saturated carbocycles. The molecule has 0 spiro atoms. The molecule has 1 heterocycles. The number of nitrogens with zero attached hydrogens (tertiary/aromatic N) is 1. The maximum atomic E-state index is 12.8. The molecule has 4 atom stereocenters. The maximum Gasteiger partial charge on any atom is 0.308 e. The standard InChI is InChI=1S/C22H31N3O4/c23-16(13-15-7-2-1-3-8-15)14-20(26)25-12-6-11-19(25)21(27)24-18-10-5-4-9-17(18)22(28)29/h1-3,7-8,16-19H,4-6,9-14,23H2,(H,24,27)(H,28,29)/t16-,17?,18?,19+/m1/s1. The van der Waals surface area contributed by atoms with Crippen LogP contribution in [0.1, 0.15) is 50.5 Å². The second-order valence-electron chi connectivity index (χ2n) is 8.24. The summed E-state index contributed by atoms with van der Waals surface area (Å²) < 4.78 is 0. The summed E-state index contributed by atoms with van der Waals surface area (Å²) in [5.41, 5.74) is 7.27. The zero-order valence-electron chi connectivity index (χ0n) is 16.8. The zero-order chi connectivity index (χ0) is 20.8. The second-order valence-corrected chi connectivity index (χ2v) is 8.24. The highest BCUT2D eigenvalue weighted by Gasteiger charge is 2.38. The van der Waals surface area contributed by atoms with Gasteiger partial charge in [0, 0.05) is 25.0 Å². The minimum Gasteiger partial charge on any atom is -0.481 e. The molecule has 0 bridgehead atoms. The number of rotatable bonds is 7. The van der Waals surface area contributed by atoms with Crippen molar-refractivity contribution in [2.45, 2.75) is 69.5 Å². The van der Waals surface area contributed by atoms with E-state index in [0.717, 1.165) is 24.8 Å². The molecule has 4 N–H and O–H groups in total. The van der Waals surface area contributed by atoms with Gasteiger partial charge in [0.05, 0.1) is 5.92 Å². The lowest BCUT2D eigenvalue weighted by molar-refractivity contribution is -0.145. The van der Waals surface area contributed by atoms with Gasteiger partial charge in [-0.3, -0.25) is 14.4 Å². The Kier molecular flexibility index (Phi) is 7.25. The summed E-state index contributed by atoms with van der Waals surface area (Å²) in [6.07, 6.45) is 5.22. The van der Waals surface area contributed by atoms with E-state index < -0.39 is 17.9 Å². The van der Waals surface area contributed by atoms with Crippen molar-refractivity contribution in [3.63, 3.8) is 0 Å². The minimum absolute atomic E-state index is 0.107. The van der Waals surface area contributed by atoms with Crippen LogP contribution in [-0.2, 0) is 20.8 Å². The molecule has 1 aliphatic heterocycles. The zero-order valence-corrected chi connectivity index (χ0v) is 16.8. The topological polar surface area (TPSA) is 113 Å². The molecule has 158 valence electrons. The third-order valence-corrected chi connectivity index (χ3v) is 6.06. The summed E-state index contributed by atoms with van der Waals surface area (Å²) in [5, 5.41) is 12.3. The lowest BCUT2D eigenvalue weighted by atomic mass is 9.84. The summed E-state index contributed by atoms with van der Waals surface area (Å²) in [4.78, 5) is 38.7. The number of carbonyl (C=O) groups is 3. The molecule has 29 heavy (non-hydrogen) atoms. The third kappa shape index (κ3) is 5.56. The molecule has 7 nitrogen and oxygen atoms in total. The summed E-state index contributed by atoms with van der Waals surface area (Å²) in [7, 11) is 0. The fraction of sp³-hybridized carbons (Fsp3) is 0.591. The normalized spacial score (nSPS) is 25.4. The number of carbonyl (C=O) groups excluding carboxylic acids is 2. The summed E-state index contributed by atoms with van der Waals surface area (Å²) in [6.45, 7) is 0.544. The van der Waals surface area contributed by atoms with E-state index in [1.54, 1.807) is 4.90 Å². The highest BCUT2D eigenvalue weighted by atomic mass is 16.4. The van der Waals surface area contributed by atoms with Crippen LogP contribution in [0.5, 0.6) is 0 Å². The number of hydrogen-bond acceptors (Lipinski definition) is 4. The molecule has 2 aliphatic rings. The van der Waals surface area contributed by atoms with E-state index in [-0.39, 0.29) is 30.3 Å². The molecule has 1 aromatic rings. The molecule has 2 amide bonds. The Hall–Kier alpha value is -2.41. The predicted molar refractivity (Wildman–Crippen MR) is 109 cm³/mol. The number of hydrogen-bond donors (Lipinski definition) is 3. The van der Waals surface area contributed by atoms with Crippen LogP contribution in [0.2, 0.25) is 0 Å². The van der Waals surface area contributed by atoms with Crippen LogP contribution in [0.25, 0.3) is 0 Å². The number of amides is 2. The number of aliphatic carboxylic acids is 1. The van der Waals surface area contributed by atoms with Crippen LogP contribution in [-0.4, -0.2) is 52.5 Å². The Bertz CT molecular complexity index is 724. The molecule has 2 unspecified atom stereocenters. The predicted octanol–water partition coefficient (Wildman–Crippen LogP) is 1.70. The number of carboxylic acid groups (broad SMARTS) is 1. The molecular formula is C22H31N3O4. The van der Waals surface area contributed by atoms with E-state index in [0.29, 0.717) is 32.2 Å². The van der Waals surface area contributed by atoms with E-state index >= 15 is 0 Å². The summed E-state index contributed by atoms with van der Waals surface area (Å²) in [6, 6.07) is 8.62. The monoisotopic (exact) mass is 401 g/mol. The van der Waals surface area contributed by atoms with Crippen molar-refractivity contribution in [2.75, 3.05) is 6.54 Å². The Morgan fingerprint density at radius 1 is 1.10 bits per heavy atom. The van der Waals surface area contributed by atoms with Gasteiger partial charge in [-0.25, -0.2) is 0 Å². The molecule has 0 radical (unpaired) electrons. The van der Waals surface area contributed by atoms with E-state index in [1.165, 1.54) is 0 Å². The highest BCUT2D eigenvalue weighted by Crippen LogP contribution is 2.26. The van der Waals surface area contributed by atoms with Gasteiger partial charge >= 0.3 is 5.97 Å². The maximum absolute atomic E-state index is 12.8. The Morgan fingerprint density at radius 3 is 2.55 bits per heavy atom. The molecule has 1 saturated heterocycles. The SMILES string of the molecule is N[C@@H](CC(=O)N1CCC[C@H]1C(=O)NC1CCCCC1C(=O)O)Cc1ccccc1. The minimum atomic E-state index is -0.860. The van der Waals surface area contributed by atoms with Crippen LogP contribution >= 0.6 is 0 Å². The van der Waals surface area contributed by atoms with Crippen molar-refractivity contribution in [3.8, 4) is 0 Å². The Labute approximate surface area is 171 Å². The van der Waals surface area contributed by atoms with Crippen molar-refractivity contribution in [1.82, 2.24) is 10.2 Å². The quantitative estimate of drug-likeness (QED) is 0.644. The summed E-state index contributed by atoms with van der Waals surface area (Å²) >= 11 is 0. The van der Waals surface area contributed by atoms with Gasteiger partial charge in [-0.2, -0.15) is 0 Å². The van der Waals surface area contributed by atoms with Gasteiger partial charge < -0.3 is 21.1 Å². The van der Waals surface area contributed by atoms with Crippen molar-refractivity contribution >= 4 is 17.8 Å². The third-order valence-electron chi connectivity index (χ3n) is 6.06. The van der Waals surface area contributed by atoms with E-state index in [1.807, 2.05) is 30.3 Å². The molecule has 2 fully saturated rings. The Morgan fingerprint density at radius 2 is 1.83 bits per heavy atom. The van der Waals surface area contributed by atoms with Crippen LogP contribution in [0, 0.1) is 5.92 Å². The lowest BCUT2D eigenvalue weighted by Crippen LogP contribution is -2.52. The first-order valence-corrected chi connectivity index (χ1v) is 10.6. The van der Waals surface area contributed by atoms with E-state index in [9.17, 15) is 19.5 Å². The first-order valence-electron chi connectivity index (χ1n) is 10.6. The van der Waals surface area contributed by atoms with Gasteiger partial charge in [0.1, 0.15) is 6.04 Å². The smallest absolute Gasteiger partial charge is 0.308 e. The first-order chi connectivity index (χ1) is 14.0. The van der Waals surface area contributed by atoms with Crippen molar-refractivity contribution < 1.29 is 19.5 Å². The van der Waals surface area contributed by atoms with Gasteiger partial charge in [-0.1, -0.05) is 43.2 Å². The van der Waals surface area contributed by atoms with E-state index in [4.69, 9.17) is 5.73 Å². The van der Waals surface area contributed by atoms with Gasteiger partial charge in [0.2, 0.25) is 11.8 Å². The van der Waals surface area contributed by atoms with Gasteiger partial charge in [-0.15, -0.1) is 0 Å². The molecule has 1 aliphatic carbocycles. The highest BCUT2D eigenvalue weighted by molar-refractivity contribution is 5.89. The number of likely N-dealkylation sites (tertiary alicyclic amines) is 1. The number of nitrogens with two attached hydrogens (primary N) is 1. The number of benzene rings is 1. The molecular weight excluding hydrogens is 370 g/mol. The lowest BCUT2D eigenvalue weighted by Gasteiger charge is -2.32. The molecule has 1 aromatic carbocycles. The largest absolute Gasteiger partial charge is 0.481 e.